The molecule has 0 aliphatic carbocycles. The number of nitro groups is 1. The number of nitro benzene ring substituents is 1. The lowest BCUT2D eigenvalue weighted by Gasteiger charge is -2.08. The number of anilines is 1. The highest BCUT2D eigenvalue weighted by Gasteiger charge is 2.07. The number of nitrogens with zero attached hydrogens (tertiary/aromatic N) is 2. The van der Waals surface area contributed by atoms with E-state index >= 15 is 0 Å². The van der Waals surface area contributed by atoms with E-state index in [4.69, 9.17) is 4.74 Å². The summed E-state index contributed by atoms with van der Waals surface area (Å²) in [6, 6.07) is 11.1. The van der Waals surface area contributed by atoms with Gasteiger partial charge in [0, 0.05) is 22.2 Å². The zero-order valence-corrected chi connectivity index (χ0v) is 14.7. The fraction of sp³-hybridized carbons (Fsp3) is 0.125. The van der Waals surface area contributed by atoms with Gasteiger partial charge in [-0.05, 0) is 30.3 Å². The summed E-state index contributed by atoms with van der Waals surface area (Å²) in [4.78, 5) is 21.3. The fourth-order valence-electron chi connectivity index (χ4n) is 1.78. The van der Waals surface area contributed by atoms with Crippen LogP contribution in [0.1, 0.15) is 5.56 Å². The molecule has 0 saturated carbocycles. The van der Waals surface area contributed by atoms with Gasteiger partial charge >= 0.3 is 5.97 Å². The molecule has 130 valence electrons. The van der Waals surface area contributed by atoms with Crippen LogP contribution in [0.5, 0.6) is 5.75 Å². The van der Waals surface area contributed by atoms with E-state index in [1.807, 2.05) is 0 Å². The van der Waals surface area contributed by atoms with Crippen molar-refractivity contribution in [1.82, 2.24) is 0 Å². The number of nitrogens with one attached hydrogen (secondary N) is 1. The average Bonchev–Trinajstić information content (AvgIpc) is 2.61. The minimum atomic E-state index is -0.491. The number of carbonyl (C=O) groups is 1. The highest BCUT2D eigenvalue weighted by molar-refractivity contribution is 9.10. The van der Waals surface area contributed by atoms with E-state index in [-0.39, 0.29) is 12.3 Å². The zero-order chi connectivity index (χ0) is 18.2. The number of hydrogen-bond acceptors (Lipinski definition) is 7. The molecule has 25 heavy (non-hydrogen) atoms. The summed E-state index contributed by atoms with van der Waals surface area (Å²) >= 11 is 3.36. The molecule has 0 aliphatic rings. The van der Waals surface area contributed by atoms with E-state index in [1.165, 1.54) is 25.5 Å². The average molecular weight is 408 g/mol. The standard InChI is InChI=1S/C16H14BrN3O5/c1-24-16(21)10-25-15-7-2-12(17)8-11(15)9-18-19-13-3-5-14(6-4-13)20(22)23/h2-9,19H,10H2,1H3/b18-9+. The van der Waals surface area contributed by atoms with Crippen LogP contribution in [0, 0.1) is 10.1 Å². The Hall–Kier alpha value is -2.94. The normalized spacial score (nSPS) is 10.5. The van der Waals surface area contributed by atoms with Crippen molar-refractivity contribution in [3.63, 3.8) is 0 Å². The maximum Gasteiger partial charge on any atom is 0.343 e. The first-order chi connectivity index (χ1) is 12.0. The minimum absolute atomic E-state index is 0.0000149. The summed E-state index contributed by atoms with van der Waals surface area (Å²) in [5, 5.41) is 14.7. The van der Waals surface area contributed by atoms with Gasteiger partial charge < -0.3 is 9.47 Å². The molecule has 0 aliphatic heterocycles. The van der Waals surface area contributed by atoms with Gasteiger partial charge in [0.2, 0.25) is 0 Å². The van der Waals surface area contributed by atoms with Crippen LogP contribution >= 0.6 is 15.9 Å². The molecule has 0 saturated heterocycles. The van der Waals surface area contributed by atoms with E-state index in [0.29, 0.717) is 17.0 Å². The number of esters is 1. The topological polar surface area (TPSA) is 103 Å². The van der Waals surface area contributed by atoms with Crippen LogP contribution in [0.2, 0.25) is 0 Å². The molecule has 8 nitrogen and oxygen atoms in total. The maximum atomic E-state index is 11.2. The predicted octanol–water partition coefficient (Wildman–Crippen LogP) is 3.36. The van der Waals surface area contributed by atoms with E-state index in [2.05, 4.69) is 31.2 Å². The third-order valence-electron chi connectivity index (χ3n) is 3.02. The van der Waals surface area contributed by atoms with Crippen molar-refractivity contribution in [2.24, 2.45) is 5.10 Å². The number of rotatable bonds is 7. The Morgan fingerprint density at radius 2 is 2.04 bits per heavy atom. The first-order valence-corrected chi connectivity index (χ1v) is 7.81. The van der Waals surface area contributed by atoms with Crippen molar-refractivity contribution in [3.8, 4) is 5.75 Å². The Balaban J connectivity index is 2.07. The van der Waals surface area contributed by atoms with Gasteiger partial charge in [-0.25, -0.2) is 4.79 Å². The maximum absolute atomic E-state index is 11.2. The van der Waals surface area contributed by atoms with Gasteiger partial charge in [-0.15, -0.1) is 0 Å². The van der Waals surface area contributed by atoms with Crippen molar-refractivity contribution in [3.05, 3.63) is 62.6 Å². The van der Waals surface area contributed by atoms with Crippen molar-refractivity contribution >= 4 is 39.5 Å². The summed E-state index contributed by atoms with van der Waals surface area (Å²) in [6.07, 6.45) is 1.51. The molecule has 0 spiro atoms. The molecule has 0 bridgehead atoms. The molecule has 0 heterocycles. The molecule has 0 unspecified atom stereocenters. The van der Waals surface area contributed by atoms with Crippen molar-refractivity contribution < 1.29 is 19.2 Å². The van der Waals surface area contributed by atoms with Gasteiger partial charge in [0.15, 0.2) is 6.61 Å². The smallest absolute Gasteiger partial charge is 0.343 e. The highest BCUT2D eigenvalue weighted by Crippen LogP contribution is 2.22. The molecule has 0 radical (unpaired) electrons. The summed E-state index contributed by atoms with van der Waals surface area (Å²) in [5.74, 6) is -0.0299. The molecule has 0 aromatic heterocycles. The van der Waals surface area contributed by atoms with Crippen LogP contribution in [0.4, 0.5) is 11.4 Å². The van der Waals surface area contributed by atoms with Gasteiger partial charge in [-0.1, -0.05) is 15.9 Å². The van der Waals surface area contributed by atoms with Crippen LogP contribution in [-0.4, -0.2) is 30.8 Å². The molecular weight excluding hydrogens is 394 g/mol. The third-order valence-corrected chi connectivity index (χ3v) is 3.51. The molecule has 2 rings (SSSR count). The molecule has 0 fully saturated rings. The van der Waals surface area contributed by atoms with Gasteiger partial charge in [0.1, 0.15) is 5.75 Å². The van der Waals surface area contributed by atoms with Gasteiger partial charge in [-0.3, -0.25) is 15.5 Å². The van der Waals surface area contributed by atoms with Crippen molar-refractivity contribution in [2.45, 2.75) is 0 Å². The van der Waals surface area contributed by atoms with E-state index in [9.17, 15) is 14.9 Å². The van der Waals surface area contributed by atoms with Gasteiger partial charge in [-0.2, -0.15) is 5.10 Å². The summed E-state index contributed by atoms with van der Waals surface area (Å²) in [7, 11) is 1.28. The number of hydrazone groups is 1. The third kappa shape index (κ3) is 5.57. The quantitative estimate of drug-likeness (QED) is 0.326. The lowest BCUT2D eigenvalue weighted by Crippen LogP contribution is -2.13. The van der Waals surface area contributed by atoms with Crippen LogP contribution in [0.3, 0.4) is 0 Å². The van der Waals surface area contributed by atoms with E-state index in [1.54, 1.807) is 30.3 Å². The van der Waals surface area contributed by atoms with Gasteiger partial charge in [0.05, 0.1) is 23.9 Å². The highest BCUT2D eigenvalue weighted by atomic mass is 79.9. The lowest BCUT2D eigenvalue weighted by molar-refractivity contribution is -0.384. The number of benzene rings is 2. The molecule has 0 atom stereocenters. The largest absolute Gasteiger partial charge is 0.481 e. The molecule has 2 aromatic rings. The number of ether oxygens (including phenoxy) is 2. The molecule has 1 N–H and O–H groups in total. The van der Waals surface area contributed by atoms with E-state index in [0.717, 1.165) is 4.47 Å². The van der Waals surface area contributed by atoms with Crippen LogP contribution < -0.4 is 10.2 Å². The molecular formula is C16H14BrN3O5. The first kappa shape index (κ1) is 18.4. The Morgan fingerprint density at radius 3 is 2.68 bits per heavy atom. The lowest BCUT2D eigenvalue weighted by atomic mass is 10.2. The van der Waals surface area contributed by atoms with Crippen LogP contribution in [0.15, 0.2) is 52.0 Å². The number of carbonyl (C=O) groups excluding carboxylic acids is 1. The predicted molar refractivity (Wildman–Crippen MR) is 96.0 cm³/mol. The molecule has 9 heteroatoms. The van der Waals surface area contributed by atoms with Crippen LogP contribution in [0.25, 0.3) is 0 Å². The summed E-state index contributed by atoms with van der Waals surface area (Å²) < 4.78 is 10.7. The number of non-ortho nitro benzene ring substituents is 1. The number of methoxy groups -OCH3 is 1. The van der Waals surface area contributed by atoms with Crippen molar-refractivity contribution in [2.75, 3.05) is 19.1 Å². The Kier molecular flexibility index (Phi) is 6.47. The number of halogens is 1. The monoisotopic (exact) mass is 407 g/mol. The van der Waals surface area contributed by atoms with Crippen LogP contribution in [-0.2, 0) is 9.53 Å². The second-order valence-electron chi connectivity index (χ2n) is 4.72. The Labute approximate surface area is 151 Å². The second-order valence-corrected chi connectivity index (χ2v) is 5.64. The Bertz CT molecular complexity index is 793. The SMILES string of the molecule is COC(=O)COc1ccc(Br)cc1/C=N/Nc1ccc([N+](=O)[O-])cc1. The second kappa shape index (κ2) is 8.78. The van der Waals surface area contributed by atoms with E-state index < -0.39 is 10.9 Å². The fourth-order valence-corrected chi connectivity index (χ4v) is 2.16. The minimum Gasteiger partial charge on any atom is -0.481 e. The first-order valence-electron chi connectivity index (χ1n) is 7.02. The zero-order valence-electron chi connectivity index (χ0n) is 13.1. The summed E-state index contributed by atoms with van der Waals surface area (Å²) in [6.45, 7) is -0.214. The van der Waals surface area contributed by atoms with Crippen molar-refractivity contribution in [1.29, 1.82) is 0 Å². The number of hydrogen-bond donors (Lipinski definition) is 1. The van der Waals surface area contributed by atoms with Gasteiger partial charge in [0.25, 0.3) is 5.69 Å². The summed E-state index contributed by atoms with van der Waals surface area (Å²) in [5.41, 5.74) is 3.99. The Morgan fingerprint density at radius 1 is 1.32 bits per heavy atom. The molecule has 0 amide bonds. The molecule has 2 aromatic carbocycles.